The van der Waals surface area contributed by atoms with E-state index in [1.165, 1.54) is 0 Å². The predicted octanol–water partition coefficient (Wildman–Crippen LogP) is 8.20. The van der Waals surface area contributed by atoms with E-state index in [-0.39, 0.29) is 5.91 Å². The maximum atomic E-state index is 13.5. The molecule has 0 saturated carbocycles. The summed E-state index contributed by atoms with van der Waals surface area (Å²) in [5.41, 5.74) is 6.09. The van der Waals surface area contributed by atoms with Gasteiger partial charge in [-0.1, -0.05) is 78.5 Å². The minimum Gasteiger partial charge on any atom is -0.321 e. The number of anilines is 1. The van der Waals surface area contributed by atoms with E-state index in [4.69, 9.17) is 0 Å². The van der Waals surface area contributed by atoms with E-state index in [1.54, 1.807) is 18.0 Å². The van der Waals surface area contributed by atoms with Gasteiger partial charge in [0.1, 0.15) is 0 Å². The van der Waals surface area contributed by atoms with Gasteiger partial charge < -0.3 is 5.32 Å². The molecule has 0 fully saturated rings. The first kappa shape index (κ1) is 24.4. The number of rotatable bonds is 7. The lowest BCUT2D eigenvalue weighted by Crippen LogP contribution is -2.13. The number of fused-ring (bicyclic) bond motifs is 1. The molecule has 2 N–H and O–H groups in total. The molecule has 188 valence electrons. The Labute approximate surface area is 230 Å². The Morgan fingerprint density at radius 1 is 0.795 bits per heavy atom. The molecule has 0 radical (unpaired) electrons. The highest BCUT2D eigenvalue weighted by molar-refractivity contribution is 7.99. The molecule has 4 aromatic carbocycles. The fourth-order valence-electron chi connectivity index (χ4n) is 4.37. The molecule has 1 amide bonds. The van der Waals surface area contributed by atoms with Crippen LogP contribution in [0.1, 0.15) is 21.7 Å². The zero-order valence-electron chi connectivity index (χ0n) is 20.9. The first-order valence-corrected chi connectivity index (χ1v) is 13.4. The molecule has 0 spiro atoms. The molecule has 0 unspecified atom stereocenters. The largest absolute Gasteiger partial charge is 0.321 e. The van der Waals surface area contributed by atoms with Crippen molar-refractivity contribution in [2.45, 2.75) is 9.79 Å². The molecule has 0 aliphatic carbocycles. The summed E-state index contributed by atoms with van der Waals surface area (Å²) in [6.45, 7) is 0. The number of aromatic amines is 1. The highest BCUT2D eigenvalue weighted by Gasteiger charge is 2.15. The molecule has 5 nitrogen and oxygen atoms in total. The molecule has 2 heterocycles. The number of benzene rings is 4. The second-order valence-electron chi connectivity index (χ2n) is 8.87. The van der Waals surface area contributed by atoms with Crippen molar-refractivity contribution >= 4 is 46.4 Å². The Kier molecular flexibility index (Phi) is 7.01. The number of hydrogen-bond donors (Lipinski definition) is 2. The second kappa shape index (κ2) is 11.2. The standard InChI is InChI=1S/C33H24N4OS/c38-33(35-29-15-6-4-13-26(29)23-10-2-1-3-11-23)28-14-5-7-16-32(28)39-25-18-19-27-30(36-37-31(27)22-25)20-17-24-12-8-9-21-34-24/h1-22H,(H,35,38)(H,36,37)/b20-17+. The SMILES string of the molecule is O=C(Nc1ccccc1-c1ccccc1)c1ccccc1Sc1ccc2c(/C=C/c3ccccn3)n[nH]c2c1. The summed E-state index contributed by atoms with van der Waals surface area (Å²) >= 11 is 1.55. The summed E-state index contributed by atoms with van der Waals surface area (Å²) in [6.07, 6.45) is 5.68. The third-order valence-electron chi connectivity index (χ3n) is 6.28. The maximum Gasteiger partial charge on any atom is 0.256 e. The first-order valence-electron chi connectivity index (χ1n) is 12.5. The molecule has 0 saturated heterocycles. The minimum absolute atomic E-state index is 0.147. The van der Waals surface area contributed by atoms with Crippen LogP contribution in [0.5, 0.6) is 0 Å². The number of carbonyl (C=O) groups is 1. The zero-order chi connectivity index (χ0) is 26.4. The maximum absolute atomic E-state index is 13.5. The van der Waals surface area contributed by atoms with Crippen LogP contribution in [0.3, 0.4) is 0 Å². The number of carbonyl (C=O) groups excluding carboxylic acids is 1. The lowest BCUT2D eigenvalue weighted by molar-refractivity contribution is 0.102. The van der Waals surface area contributed by atoms with Crippen LogP contribution in [0.25, 0.3) is 34.2 Å². The number of pyridine rings is 1. The molecule has 39 heavy (non-hydrogen) atoms. The predicted molar refractivity (Wildman–Crippen MR) is 160 cm³/mol. The molecule has 2 aromatic heterocycles. The van der Waals surface area contributed by atoms with Gasteiger partial charge in [-0.3, -0.25) is 14.9 Å². The van der Waals surface area contributed by atoms with Gasteiger partial charge in [0.2, 0.25) is 0 Å². The van der Waals surface area contributed by atoms with Gasteiger partial charge in [-0.05, 0) is 66.2 Å². The summed E-state index contributed by atoms with van der Waals surface area (Å²) in [5, 5.41) is 11.8. The Morgan fingerprint density at radius 2 is 1.59 bits per heavy atom. The Balaban J connectivity index is 1.23. The van der Waals surface area contributed by atoms with Crippen molar-refractivity contribution in [1.29, 1.82) is 0 Å². The highest BCUT2D eigenvalue weighted by atomic mass is 32.2. The van der Waals surface area contributed by atoms with Crippen molar-refractivity contribution in [3.8, 4) is 11.1 Å². The van der Waals surface area contributed by atoms with Crippen LogP contribution in [-0.4, -0.2) is 21.1 Å². The van der Waals surface area contributed by atoms with Crippen molar-refractivity contribution in [3.63, 3.8) is 0 Å². The monoisotopic (exact) mass is 524 g/mol. The van der Waals surface area contributed by atoms with Crippen molar-refractivity contribution in [3.05, 3.63) is 138 Å². The smallest absolute Gasteiger partial charge is 0.256 e. The highest BCUT2D eigenvalue weighted by Crippen LogP contribution is 2.34. The van der Waals surface area contributed by atoms with Crippen molar-refractivity contribution < 1.29 is 4.79 Å². The van der Waals surface area contributed by atoms with Gasteiger partial charge in [-0.25, -0.2) is 0 Å². The zero-order valence-corrected chi connectivity index (χ0v) is 21.7. The number of H-pyrrole nitrogens is 1. The summed E-state index contributed by atoms with van der Waals surface area (Å²) in [6, 6.07) is 37.6. The quantitative estimate of drug-likeness (QED) is 0.221. The van der Waals surface area contributed by atoms with Gasteiger partial charge in [0.25, 0.3) is 5.91 Å². The van der Waals surface area contributed by atoms with Gasteiger partial charge in [-0.2, -0.15) is 5.10 Å². The van der Waals surface area contributed by atoms with Crippen molar-refractivity contribution in [2.75, 3.05) is 5.32 Å². The van der Waals surface area contributed by atoms with Crippen LogP contribution < -0.4 is 5.32 Å². The molecule has 6 aromatic rings. The second-order valence-corrected chi connectivity index (χ2v) is 9.98. The molecule has 6 heteroatoms. The summed E-state index contributed by atoms with van der Waals surface area (Å²) in [4.78, 5) is 19.7. The van der Waals surface area contributed by atoms with Gasteiger partial charge in [-0.15, -0.1) is 0 Å². The molecule has 0 aliphatic rings. The third-order valence-corrected chi connectivity index (χ3v) is 7.35. The molecular weight excluding hydrogens is 500 g/mol. The van der Waals surface area contributed by atoms with E-state index >= 15 is 0 Å². The Morgan fingerprint density at radius 3 is 2.46 bits per heavy atom. The lowest BCUT2D eigenvalue weighted by atomic mass is 10.0. The Bertz CT molecular complexity index is 1780. The fourth-order valence-corrected chi connectivity index (χ4v) is 5.35. The van der Waals surface area contributed by atoms with Crippen LogP contribution in [-0.2, 0) is 0 Å². The van der Waals surface area contributed by atoms with E-state index in [0.717, 1.165) is 48.9 Å². The molecule has 0 atom stereocenters. The average Bonchev–Trinajstić information content (AvgIpc) is 3.40. The number of para-hydroxylation sites is 1. The number of nitrogens with one attached hydrogen (secondary N) is 2. The number of amides is 1. The minimum atomic E-state index is -0.147. The summed E-state index contributed by atoms with van der Waals surface area (Å²) in [5.74, 6) is -0.147. The van der Waals surface area contributed by atoms with E-state index < -0.39 is 0 Å². The average molecular weight is 525 g/mol. The topological polar surface area (TPSA) is 70.7 Å². The first-order chi connectivity index (χ1) is 19.2. The number of aromatic nitrogens is 3. The van der Waals surface area contributed by atoms with E-state index in [2.05, 4.69) is 38.7 Å². The normalized spacial score (nSPS) is 11.2. The lowest BCUT2D eigenvalue weighted by Gasteiger charge is -2.13. The fraction of sp³-hybridized carbons (Fsp3) is 0. The molecule has 6 rings (SSSR count). The van der Waals surface area contributed by atoms with E-state index in [9.17, 15) is 4.79 Å². The van der Waals surface area contributed by atoms with E-state index in [0.29, 0.717) is 5.56 Å². The Hall–Kier alpha value is -4.94. The van der Waals surface area contributed by atoms with Gasteiger partial charge in [0, 0.05) is 32.6 Å². The molecular formula is C33H24N4OS. The van der Waals surface area contributed by atoms with Crippen LogP contribution in [0, 0.1) is 0 Å². The molecule has 0 aliphatic heterocycles. The van der Waals surface area contributed by atoms with E-state index in [1.807, 2.05) is 109 Å². The van der Waals surface area contributed by atoms with Crippen molar-refractivity contribution in [2.24, 2.45) is 0 Å². The van der Waals surface area contributed by atoms with Crippen LogP contribution >= 0.6 is 11.8 Å². The van der Waals surface area contributed by atoms with Gasteiger partial charge in [0.05, 0.1) is 22.5 Å². The third kappa shape index (κ3) is 5.51. The number of nitrogens with zero attached hydrogens (tertiary/aromatic N) is 2. The van der Waals surface area contributed by atoms with Gasteiger partial charge in [0.15, 0.2) is 0 Å². The van der Waals surface area contributed by atoms with Crippen LogP contribution in [0.4, 0.5) is 5.69 Å². The van der Waals surface area contributed by atoms with Gasteiger partial charge >= 0.3 is 0 Å². The summed E-state index contributed by atoms with van der Waals surface area (Å²) < 4.78 is 0. The molecule has 0 bridgehead atoms. The van der Waals surface area contributed by atoms with Crippen molar-refractivity contribution in [1.82, 2.24) is 15.2 Å². The van der Waals surface area contributed by atoms with Crippen LogP contribution in [0.15, 0.2) is 131 Å². The van der Waals surface area contributed by atoms with Crippen LogP contribution in [0.2, 0.25) is 0 Å². The number of hydrogen-bond acceptors (Lipinski definition) is 4. The summed E-state index contributed by atoms with van der Waals surface area (Å²) in [7, 11) is 0.